The summed E-state index contributed by atoms with van der Waals surface area (Å²) in [7, 11) is 0. The Morgan fingerprint density at radius 3 is 2.45 bits per heavy atom. The number of nitro benzene ring substituents is 1. The Morgan fingerprint density at radius 2 is 1.82 bits per heavy atom. The normalized spacial score (nSPS) is 18.2. The number of nitro groups is 1. The Balaban J connectivity index is 1.97. The van der Waals surface area contributed by atoms with E-state index in [4.69, 9.17) is 14.2 Å². The van der Waals surface area contributed by atoms with Crippen molar-refractivity contribution in [1.82, 2.24) is 5.32 Å². The Morgan fingerprint density at radius 1 is 1.16 bits per heavy atom. The van der Waals surface area contributed by atoms with E-state index >= 15 is 0 Å². The number of hydrogen-bond donors (Lipinski definition) is 2. The zero-order valence-electron chi connectivity index (χ0n) is 23.1. The zero-order chi connectivity index (χ0) is 27.8. The predicted octanol–water partition coefficient (Wildman–Crippen LogP) is 5.94. The maximum atomic E-state index is 11.3. The summed E-state index contributed by atoms with van der Waals surface area (Å²) in [6, 6.07) is 3.68. The Bertz CT molecular complexity index is 941. The molecule has 0 aromatic heterocycles. The lowest BCUT2D eigenvalue weighted by atomic mass is 9.86. The van der Waals surface area contributed by atoms with Crippen LogP contribution in [-0.2, 0) is 14.3 Å². The molecule has 1 aromatic carbocycles. The van der Waals surface area contributed by atoms with Crippen LogP contribution in [0, 0.1) is 10.1 Å². The minimum absolute atomic E-state index is 0.0866. The molecule has 1 aliphatic heterocycles. The molecule has 0 bridgehead atoms. The fraction of sp³-hybridized carbons (Fsp3) is 0.655. The van der Waals surface area contributed by atoms with E-state index in [0.717, 1.165) is 12.8 Å². The molecule has 0 saturated carbocycles. The molecule has 9 heteroatoms. The molecule has 0 amide bonds. The van der Waals surface area contributed by atoms with E-state index in [1.165, 1.54) is 69.6 Å². The average molecular weight is 533 g/mol. The smallest absolute Gasteiger partial charge is 0.270 e. The Hall–Kier alpha value is -2.87. The van der Waals surface area contributed by atoms with Crippen LogP contribution in [0.1, 0.15) is 96.6 Å². The maximum absolute atomic E-state index is 11.3. The number of rotatable bonds is 19. The summed E-state index contributed by atoms with van der Waals surface area (Å²) in [5.74, 6) is 2.65. The van der Waals surface area contributed by atoms with Gasteiger partial charge < -0.3 is 24.6 Å². The van der Waals surface area contributed by atoms with Crippen molar-refractivity contribution in [3.8, 4) is 5.75 Å². The van der Waals surface area contributed by atoms with Gasteiger partial charge in [-0.05, 0) is 26.3 Å². The number of nitrogens with one attached hydrogen (secondary N) is 1. The van der Waals surface area contributed by atoms with Gasteiger partial charge in [-0.3, -0.25) is 10.1 Å². The van der Waals surface area contributed by atoms with Crippen LogP contribution in [0.5, 0.6) is 5.75 Å². The molecule has 212 valence electrons. The molecular weight excluding hydrogens is 488 g/mol. The first-order valence-corrected chi connectivity index (χ1v) is 13.8. The van der Waals surface area contributed by atoms with E-state index in [1.807, 2.05) is 0 Å². The van der Waals surface area contributed by atoms with Crippen LogP contribution >= 0.6 is 0 Å². The Kier molecular flexibility index (Phi) is 13.9. The molecule has 0 saturated heterocycles. The number of unbranched alkanes of at least 4 members (excludes halogenated alkanes) is 9. The van der Waals surface area contributed by atoms with Crippen LogP contribution in [0.3, 0.4) is 0 Å². The second-order valence-electron chi connectivity index (χ2n) is 10.3. The first kappa shape index (κ1) is 31.3. The zero-order valence-corrected chi connectivity index (χ0v) is 23.1. The Labute approximate surface area is 226 Å². The third-order valence-electron chi connectivity index (χ3n) is 6.68. The third kappa shape index (κ3) is 10.5. The van der Waals surface area contributed by atoms with Gasteiger partial charge in [-0.25, -0.2) is 4.79 Å². The molecule has 9 nitrogen and oxygen atoms in total. The fourth-order valence-corrected chi connectivity index (χ4v) is 4.43. The van der Waals surface area contributed by atoms with Crippen molar-refractivity contribution in [1.29, 1.82) is 0 Å². The van der Waals surface area contributed by atoms with E-state index in [9.17, 15) is 20.0 Å². The number of aliphatic hydroxyl groups excluding tert-OH is 1. The number of benzene rings is 1. The van der Waals surface area contributed by atoms with Crippen LogP contribution in [0.2, 0.25) is 0 Å². The molecular formula is C29H44N2O7. The van der Waals surface area contributed by atoms with Gasteiger partial charge in [0.05, 0.1) is 24.2 Å². The summed E-state index contributed by atoms with van der Waals surface area (Å²) < 4.78 is 17.4. The number of aliphatic hydroxyl groups is 1. The molecule has 1 aromatic rings. The summed E-state index contributed by atoms with van der Waals surface area (Å²) in [5.41, 5.74) is -0.519. The lowest BCUT2D eigenvalue weighted by Crippen LogP contribution is -2.51. The van der Waals surface area contributed by atoms with Crippen molar-refractivity contribution in [2.45, 2.75) is 103 Å². The molecule has 1 aliphatic rings. The summed E-state index contributed by atoms with van der Waals surface area (Å²) >= 11 is 0. The van der Waals surface area contributed by atoms with Crippen LogP contribution < -0.4 is 10.1 Å². The largest absolute Gasteiger partial charge is 0.494 e. The fourth-order valence-electron chi connectivity index (χ4n) is 4.43. The van der Waals surface area contributed by atoms with Crippen molar-refractivity contribution in [2.75, 3.05) is 19.8 Å². The lowest BCUT2D eigenvalue weighted by molar-refractivity contribution is -0.385. The first-order valence-electron chi connectivity index (χ1n) is 13.8. The SMILES string of the molecule is CCCCCCCCCCCCO/C(=C/N[C@H]1c2cc([N+](=O)[O-])ccc2OC(C)(C)[C@@H]1O)COCC=C=O. The number of ether oxygens (including phenoxy) is 3. The van der Waals surface area contributed by atoms with Crippen molar-refractivity contribution in [3.63, 3.8) is 0 Å². The number of nitrogens with zero attached hydrogens (tertiary/aromatic N) is 1. The second-order valence-corrected chi connectivity index (χ2v) is 10.3. The third-order valence-corrected chi connectivity index (χ3v) is 6.68. The van der Waals surface area contributed by atoms with Gasteiger partial charge in [-0.2, -0.15) is 0 Å². The number of non-ortho nitro benzene ring substituents is 1. The highest BCUT2D eigenvalue weighted by atomic mass is 16.6. The molecule has 0 unspecified atom stereocenters. The molecule has 0 fully saturated rings. The van der Waals surface area contributed by atoms with Crippen molar-refractivity contribution >= 4 is 11.6 Å². The standard InChI is InChI=1S/C29H44N2O7/c1-4-5-6-7-8-9-10-11-12-13-19-37-24(22-36-18-14-17-32)21-30-27-25-20-23(31(34)35)15-16-26(25)38-29(2,3)28(27)33/h14-16,20-21,27-28,30,33H,4-13,18-19,22H2,1-3H3/b24-21+/t27-,28+/m0/s1. The van der Waals surface area contributed by atoms with E-state index in [0.29, 0.717) is 23.7 Å². The molecule has 0 radical (unpaired) electrons. The van der Waals surface area contributed by atoms with E-state index < -0.39 is 22.7 Å². The van der Waals surface area contributed by atoms with Crippen molar-refractivity contribution in [2.24, 2.45) is 0 Å². The van der Waals surface area contributed by atoms with Gasteiger partial charge in [0.2, 0.25) is 0 Å². The van der Waals surface area contributed by atoms with Gasteiger partial charge in [0, 0.05) is 30.0 Å². The predicted molar refractivity (Wildman–Crippen MR) is 147 cm³/mol. The molecule has 2 rings (SSSR count). The van der Waals surface area contributed by atoms with Gasteiger partial charge in [0.1, 0.15) is 35.8 Å². The van der Waals surface area contributed by atoms with Gasteiger partial charge in [0.15, 0.2) is 0 Å². The molecule has 1 heterocycles. The topological polar surface area (TPSA) is 120 Å². The maximum Gasteiger partial charge on any atom is 0.270 e. The van der Waals surface area contributed by atoms with Crippen molar-refractivity contribution in [3.05, 3.63) is 51.9 Å². The average Bonchev–Trinajstić information content (AvgIpc) is 2.89. The second kappa shape index (κ2) is 16.9. The molecule has 0 aliphatic carbocycles. The first-order chi connectivity index (χ1) is 18.3. The van der Waals surface area contributed by atoms with Gasteiger partial charge in [-0.1, -0.05) is 64.7 Å². The highest BCUT2D eigenvalue weighted by Crippen LogP contribution is 2.41. The van der Waals surface area contributed by atoms with E-state index in [2.05, 4.69) is 12.2 Å². The minimum atomic E-state index is -0.990. The molecule has 2 N–H and O–H groups in total. The van der Waals surface area contributed by atoms with Gasteiger partial charge >= 0.3 is 0 Å². The summed E-state index contributed by atoms with van der Waals surface area (Å²) in [6.45, 7) is 6.49. The monoisotopic (exact) mass is 532 g/mol. The van der Waals surface area contributed by atoms with Crippen LogP contribution in [0.15, 0.2) is 36.2 Å². The lowest BCUT2D eigenvalue weighted by Gasteiger charge is -2.42. The van der Waals surface area contributed by atoms with Crippen LogP contribution in [0.25, 0.3) is 0 Å². The van der Waals surface area contributed by atoms with Crippen LogP contribution in [0.4, 0.5) is 5.69 Å². The summed E-state index contributed by atoms with van der Waals surface area (Å²) in [6.07, 6.45) is 14.1. The van der Waals surface area contributed by atoms with Crippen molar-refractivity contribution < 1.29 is 29.0 Å². The van der Waals surface area contributed by atoms with Gasteiger partial charge in [0.25, 0.3) is 5.69 Å². The minimum Gasteiger partial charge on any atom is -0.494 e. The van der Waals surface area contributed by atoms with Gasteiger partial charge in [-0.15, -0.1) is 0 Å². The number of hydrogen-bond acceptors (Lipinski definition) is 8. The van der Waals surface area contributed by atoms with Crippen LogP contribution in [-0.4, -0.2) is 47.5 Å². The summed E-state index contributed by atoms with van der Waals surface area (Å²) in [4.78, 5) is 21.3. The molecule has 2 atom stereocenters. The highest BCUT2D eigenvalue weighted by Gasteiger charge is 2.43. The molecule has 38 heavy (non-hydrogen) atoms. The quantitative estimate of drug-likeness (QED) is 0.0738. The highest BCUT2D eigenvalue weighted by molar-refractivity contribution is 5.48. The number of carbonyl (C=O) groups excluding carboxylic acids is 1. The number of fused-ring (bicyclic) bond motifs is 1. The summed E-state index contributed by atoms with van der Waals surface area (Å²) in [5, 5.41) is 25.5. The van der Waals surface area contributed by atoms with E-state index in [1.54, 1.807) is 32.1 Å². The van der Waals surface area contributed by atoms with E-state index in [-0.39, 0.29) is 18.9 Å². The molecule has 0 spiro atoms.